The number of unbranched alkanes of at least 4 members (excludes halogenated alkanes) is 2. The zero-order valence-corrected chi connectivity index (χ0v) is 13.9. The van der Waals surface area contributed by atoms with Crippen LogP contribution in [0.2, 0.25) is 0 Å². The van der Waals surface area contributed by atoms with Crippen molar-refractivity contribution in [2.45, 2.75) is 38.6 Å². The lowest BCUT2D eigenvalue weighted by Crippen LogP contribution is -2.45. The van der Waals surface area contributed by atoms with Gasteiger partial charge in [-0.3, -0.25) is 9.88 Å². The standard InChI is InChI=1S/C15H25N3.2ClH/c1-2-3-4-5-15(14-6-8-16-9-7-14)18-12-10-17-11-13-18;;/h6-9,15,17H,2-5,10-13H2,1H3;2*1H/t15-;;/m1../s1. The lowest BCUT2D eigenvalue weighted by atomic mass is 9.99. The summed E-state index contributed by atoms with van der Waals surface area (Å²) in [5.41, 5.74) is 1.43. The van der Waals surface area contributed by atoms with Gasteiger partial charge in [-0.1, -0.05) is 26.2 Å². The maximum absolute atomic E-state index is 4.14. The summed E-state index contributed by atoms with van der Waals surface area (Å²) in [5.74, 6) is 0. The molecule has 0 saturated carbocycles. The Labute approximate surface area is 135 Å². The Kier molecular flexibility index (Phi) is 11.1. The third-order valence-corrected chi connectivity index (χ3v) is 3.76. The molecule has 0 spiro atoms. The second-order valence-corrected chi connectivity index (χ2v) is 5.08. The third kappa shape index (κ3) is 5.96. The van der Waals surface area contributed by atoms with Crippen LogP contribution in [0.4, 0.5) is 0 Å². The van der Waals surface area contributed by atoms with Gasteiger partial charge in [0, 0.05) is 44.6 Å². The number of hydrogen-bond acceptors (Lipinski definition) is 3. The van der Waals surface area contributed by atoms with E-state index in [0.29, 0.717) is 6.04 Å². The van der Waals surface area contributed by atoms with Crippen molar-refractivity contribution in [1.29, 1.82) is 0 Å². The van der Waals surface area contributed by atoms with E-state index in [4.69, 9.17) is 0 Å². The van der Waals surface area contributed by atoms with Gasteiger partial charge in [0.25, 0.3) is 0 Å². The Morgan fingerprint density at radius 2 is 1.80 bits per heavy atom. The Balaban J connectivity index is 0.00000180. The first-order valence-electron chi connectivity index (χ1n) is 7.26. The first-order valence-corrected chi connectivity index (χ1v) is 7.26. The highest BCUT2D eigenvalue weighted by atomic mass is 35.5. The number of hydrogen-bond donors (Lipinski definition) is 1. The van der Waals surface area contributed by atoms with E-state index in [0.717, 1.165) is 13.1 Å². The van der Waals surface area contributed by atoms with Crippen LogP contribution in [0.5, 0.6) is 0 Å². The first-order chi connectivity index (χ1) is 8.92. The van der Waals surface area contributed by atoms with Crippen LogP contribution >= 0.6 is 24.8 Å². The van der Waals surface area contributed by atoms with E-state index in [-0.39, 0.29) is 24.8 Å². The zero-order chi connectivity index (χ0) is 12.6. The predicted octanol–water partition coefficient (Wildman–Crippen LogP) is 3.45. The molecule has 0 aliphatic carbocycles. The van der Waals surface area contributed by atoms with Crippen LogP contribution in [0.1, 0.15) is 44.2 Å². The van der Waals surface area contributed by atoms with Crippen molar-refractivity contribution in [2.75, 3.05) is 26.2 Å². The van der Waals surface area contributed by atoms with Crippen LogP contribution in [-0.2, 0) is 0 Å². The summed E-state index contributed by atoms with van der Waals surface area (Å²) in [6, 6.07) is 4.94. The quantitative estimate of drug-likeness (QED) is 0.814. The number of nitrogens with one attached hydrogen (secondary N) is 1. The molecule has 1 aliphatic rings. The molecule has 1 fully saturated rings. The summed E-state index contributed by atoms with van der Waals surface area (Å²) in [6.07, 6.45) is 9.08. The number of rotatable bonds is 6. The molecule has 1 aromatic rings. The number of aromatic nitrogens is 1. The van der Waals surface area contributed by atoms with Gasteiger partial charge in [0.1, 0.15) is 0 Å². The maximum atomic E-state index is 4.14. The Morgan fingerprint density at radius 1 is 1.15 bits per heavy atom. The van der Waals surface area contributed by atoms with Crippen molar-refractivity contribution in [3.8, 4) is 0 Å². The molecule has 0 radical (unpaired) electrons. The first kappa shape index (κ1) is 19.7. The van der Waals surface area contributed by atoms with Crippen LogP contribution in [0.3, 0.4) is 0 Å². The summed E-state index contributed by atoms with van der Waals surface area (Å²) in [7, 11) is 0. The van der Waals surface area contributed by atoms with E-state index < -0.39 is 0 Å². The Hall–Kier alpha value is -0.350. The highest BCUT2D eigenvalue weighted by molar-refractivity contribution is 5.85. The molecule has 20 heavy (non-hydrogen) atoms. The number of halogens is 2. The molecule has 1 saturated heterocycles. The third-order valence-electron chi connectivity index (χ3n) is 3.76. The average Bonchev–Trinajstić information content (AvgIpc) is 2.46. The SMILES string of the molecule is CCCCC[C@H](c1ccncc1)N1CCNCC1.Cl.Cl. The van der Waals surface area contributed by atoms with Crippen LogP contribution in [0.25, 0.3) is 0 Å². The topological polar surface area (TPSA) is 28.2 Å². The van der Waals surface area contributed by atoms with Crippen molar-refractivity contribution < 1.29 is 0 Å². The van der Waals surface area contributed by atoms with Gasteiger partial charge in [-0.25, -0.2) is 0 Å². The number of piperazine rings is 1. The molecule has 2 rings (SSSR count). The molecule has 0 amide bonds. The molecule has 5 heteroatoms. The second-order valence-electron chi connectivity index (χ2n) is 5.08. The van der Waals surface area contributed by atoms with Crippen molar-refractivity contribution in [3.05, 3.63) is 30.1 Å². The van der Waals surface area contributed by atoms with Crippen LogP contribution in [0.15, 0.2) is 24.5 Å². The van der Waals surface area contributed by atoms with Crippen molar-refractivity contribution >= 4 is 24.8 Å². The largest absolute Gasteiger partial charge is 0.314 e. The molecule has 1 aliphatic heterocycles. The van der Waals surface area contributed by atoms with E-state index in [1.54, 1.807) is 0 Å². The van der Waals surface area contributed by atoms with E-state index >= 15 is 0 Å². The summed E-state index contributed by atoms with van der Waals surface area (Å²) in [4.78, 5) is 6.76. The highest BCUT2D eigenvalue weighted by Crippen LogP contribution is 2.26. The molecule has 0 unspecified atom stereocenters. The van der Waals surface area contributed by atoms with Crippen molar-refractivity contribution in [1.82, 2.24) is 15.2 Å². The average molecular weight is 320 g/mol. The fraction of sp³-hybridized carbons (Fsp3) is 0.667. The molecular weight excluding hydrogens is 293 g/mol. The van der Waals surface area contributed by atoms with Crippen LogP contribution in [0, 0.1) is 0 Å². The summed E-state index contributed by atoms with van der Waals surface area (Å²) < 4.78 is 0. The van der Waals surface area contributed by atoms with Gasteiger partial charge < -0.3 is 5.32 Å². The van der Waals surface area contributed by atoms with Gasteiger partial charge in [-0.2, -0.15) is 0 Å². The van der Waals surface area contributed by atoms with Gasteiger partial charge in [0.2, 0.25) is 0 Å². The highest BCUT2D eigenvalue weighted by Gasteiger charge is 2.21. The number of nitrogens with zero attached hydrogens (tertiary/aromatic N) is 2. The van der Waals surface area contributed by atoms with Crippen molar-refractivity contribution in [3.63, 3.8) is 0 Å². The molecule has 1 N–H and O–H groups in total. The van der Waals surface area contributed by atoms with Crippen LogP contribution in [-0.4, -0.2) is 36.1 Å². The van der Waals surface area contributed by atoms with Gasteiger partial charge in [-0.15, -0.1) is 24.8 Å². The maximum Gasteiger partial charge on any atom is 0.0350 e. The summed E-state index contributed by atoms with van der Waals surface area (Å²) in [6.45, 7) is 6.84. The second kappa shape index (κ2) is 11.3. The molecule has 1 atom stereocenters. The molecular formula is C15H27Cl2N3. The van der Waals surface area contributed by atoms with Gasteiger partial charge in [0.15, 0.2) is 0 Å². The number of pyridine rings is 1. The smallest absolute Gasteiger partial charge is 0.0350 e. The molecule has 0 aromatic carbocycles. The predicted molar refractivity (Wildman–Crippen MR) is 90.1 cm³/mol. The van der Waals surface area contributed by atoms with Crippen molar-refractivity contribution in [2.24, 2.45) is 0 Å². The van der Waals surface area contributed by atoms with Gasteiger partial charge in [-0.05, 0) is 24.1 Å². The van der Waals surface area contributed by atoms with E-state index in [2.05, 4.69) is 34.3 Å². The minimum absolute atomic E-state index is 0. The molecule has 3 nitrogen and oxygen atoms in total. The van der Waals surface area contributed by atoms with E-state index in [1.807, 2.05) is 12.4 Å². The normalized spacial score (nSPS) is 16.9. The minimum Gasteiger partial charge on any atom is -0.314 e. The van der Waals surface area contributed by atoms with Gasteiger partial charge >= 0.3 is 0 Å². The van der Waals surface area contributed by atoms with E-state index in [9.17, 15) is 0 Å². The zero-order valence-electron chi connectivity index (χ0n) is 12.3. The van der Waals surface area contributed by atoms with E-state index in [1.165, 1.54) is 44.3 Å². The van der Waals surface area contributed by atoms with Gasteiger partial charge in [0.05, 0.1) is 0 Å². The molecule has 1 aromatic heterocycles. The lowest BCUT2D eigenvalue weighted by Gasteiger charge is -2.35. The Morgan fingerprint density at radius 3 is 2.40 bits per heavy atom. The lowest BCUT2D eigenvalue weighted by molar-refractivity contribution is 0.162. The Bertz CT molecular complexity index is 329. The molecule has 2 heterocycles. The molecule has 116 valence electrons. The fourth-order valence-electron chi connectivity index (χ4n) is 2.73. The summed E-state index contributed by atoms with van der Waals surface area (Å²) >= 11 is 0. The monoisotopic (exact) mass is 319 g/mol. The molecule has 0 bridgehead atoms. The van der Waals surface area contributed by atoms with Crippen LogP contribution < -0.4 is 5.32 Å². The minimum atomic E-state index is 0. The summed E-state index contributed by atoms with van der Waals surface area (Å²) in [5, 5.41) is 3.43. The fourth-order valence-corrected chi connectivity index (χ4v) is 2.73.